The van der Waals surface area contributed by atoms with Crippen LogP contribution in [-0.4, -0.2) is 28.7 Å². The molecule has 0 saturated heterocycles. The number of hydrogen-bond acceptors (Lipinski definition) is 5. The number of halogens is 2. The smallest absolute Gasteiger partial charge is 0.407 e. The molecule has 1 amide bonds. The van der Waals surface area contributed by atoms with Crippen LogP contribution in [0.15, 0.2) is 12.1 Å². The number of rotatable bonds is 4. The predicted molar refractivity (Wildman–Crippen MR) is 97.1 cm³/mol. The van der Waals surface area contributed by atoms with Crippen LogP contribution in [0.4, 0.5) is 20.6 Å². The summed E-state index contributed by atoms with van der Waals surface area (Å²) in [7, 11) is 0. The zero-order valence-electron chi connectivity index (χ0n) is 15.0. The van der Waals surface area contributed by atoms with Gasteiger partial charge >= 0.3 is 6.09 Å². The van der Waals surface area contributed by atoms with Crippen molar-refractivity contribution in [3.63, 3.8) is 0 Å². The molecule has 1 aliphatic rings. The number of nitrogens with one attached hydrogen (secondary N) is 2. The van der Waals surface area contributed by atoms with E-state index in [1.54, 1.807) is 20.8 Å². The van der Waals surface area contributed by atoms with Crippen molar-refractivity contribution in [1.82, 2.24) is 5.32 Å². The number of amides is 1. The van der Waals surface area contributed by atoms with E-state index in [0.29, 0.717) is 6.42 Å². The summed E-state index contributed by atoms with van der Waals surface area (Å²) in [4.78, 5) is 22.4. The normalized spacial score (nSPS) is 20.3. The van der Waals surface area contributed by atoms with Crippen LogP contribution in [0.3, 0.4) is 0 Å². The first-order valence-electron chi connectivity index (χ1n) is 8.44. The quantitative estimate of drug-likeness (QED) is 0.580. The Morgan fingerprint density at radius 2 is 2.00 bits per heavy atom. The van der Waals surface area contributed by atoms with Crippen molar-refractivity contribution < 1.29 is 18.8 Å². The van der Waals surface area contributed by atoms with Gasteiger partial charge in [0.1, 0.15) is 17.1 Å². The van der Waals surface area contributed by atoms with E-state index in [1.165, 1.54) is 0 Å². The van der Waals surface area contributed by atoms with Gasteiger partial charge in [0.15, 0.2) is 0 Å². The molecule has 1 aliphatic carbocycles. The van der Waals surface area contributed by atoms with Crippen molar-refractivity contribution in [1.29, 1.82) is 0 Å². The van der Waals surface area contributed by atoms with E-state index >= 15 is 0 Å². The lowest BCUT2D eigenvalue weighted by Crippen LogP contribution is -2.43. The van der Waals surface area contributed by atoms with Gasteiger partial charge in [0.05, 0.1) is 16.0 Å². The van der Waals surface area contributed by atoms with Gasteiger partial charge in [-0.1, -0.05) is 11.6 Å². The van der Waals surface area contributed by atoms with Gasteiger partial charge in [-0.05, 0) is 52.5 Å². The van der Waals surface area contributed by atoms with E-state index in [4.69, 9.17) is 16.3 Å². The van der Waals surface area contributed by atoms with Crippen LogP contribution in [0.25, 0.3) is 0 Å². The molecule has 0 aliphatic heterocycles. The SMILES string of the molecule is CC(C)(C)OC(=O)N[C@@H]1CCC[C@H](Nc2c(Cl)cc(F)cc2[N+](=O)[O-])C1. The summed E-state index contributed by atoms with van der Waals surface area (Å²) in [6.07, 6.45) is 2.44. The molecule has 2 rings (SSSR count). The molecular formula is C17H23ClFN3O4. The summed E-state index contributed by atoms with van der Waals surface area (Å²) in [6.45, 7) is 5.36. The second kappa shape index (κ2) is 8.07. The van der Waals surface area contributed by atoms with Crippen molar-refractivity contribution >= 4 is 29.1 Å². The number of nitro benzene ring substituents is 1. The molecule has 0 radical (unpaired) electrons. The first-order chi connectivity index (χ1) is 12.0. The van der Waals surface area contributed by atoms with Crippen LogP contribution in [-0.2, 0) is 4.74 Å². The Kier molecular flexibility index (Phi) is 6.28. The van der Waals surface area contributed by atoms with Gasteiger partial charge in [-0.3, -0.25) is 10.1 Å². The van der Waals surface area contributed by atoms with Crippen molar-refractivity contribution in [2.45, 2.75) is 64.1 Å². The lowest BCUT2D eigenvalue weighted by molar-refractivity contribution is -0.384. The molecule has 7 nitrogen and oxygen atoms in total. The van der Waals surface area contributed by atoms with Crippen LogP contribution in [0, 0.1) is 15.9 Å². The molecule has 0 bridgehead atoms. The highest BCUT2D eigenvalue weighted by Gasteiger charge is 2.28. The molecule has 1 aromatic rings. The number of nitrogens with zero attached hydrogens (tertiary/aromatic N) is 1. The van der Waals surface area contributed by atoms with Crippen molar-refractivity contribution in [2.24, 2.45) is 0 Å². The molecule has 0 spiro atoms. The Bertz CT molecular complexity index is 693. The predicted octanol–water partition coefficient (Wildman–Crippen LogP) is 4.64. The maximum absolute atomic E-state index is 13.4. The van der Waals surface area contributed by atoms with Gasteiger partial charge in [-0.15, -0.1) is 0 Å². The van der Waals surface area contributed by atoms with Gasteiger partial charge in [0.25, 0.3) is 5.69 Å². The summed E-state index contributed by atoms with van der Waals surface area (Å²) in [6, 6.07) is 1.63. The van der Waals surface area contributed by atoms with Crippen LogP contribution >= 0.6 is 11.6 Å². The zero-order chi connectivity index (χ0) is 19.5. The molecule has 1 fully saturated rings. The Morgan fingerprint density at radius 1 is 1.35 bits per heavy atom. The van der Waals surface area contributed by atoms with Crippen molar-refractivity contribution in [2.75, 3.05) is 5.32 Å². The number of ether oxygens (including phenoxy) is 1. The molecule has 1 saturated carbocycles. The van der Waals surface area contributed by atoms with Gasteiger partial charge in [-0.25, -0.2) is 9.18 Å². The van der Waals surface area contributed by atoms with E-state index in [9.17, 15) is 19.3 Å². The average molecular weight is 388 g/mol. The molecule has 144 valence electrons. The third kappa shape index (κ3) is 5.72. The number of nitro groups is 1. The molecule has 2 N–H and O–H groups in total. The first-order valence-corrected chi connectivity index (χ1v) is 8.82. The van der Waals surface area contributed by atoms with E-state index in [0.717, 1.165) is 31.4 Å². The average Bonchev–Trinajstić information content (AvgIpc) is 2.47. The Morgan fingerprint density at radius 3 is 2.62 bits per heavy atom. The van der Waals surface area contributed by atoms with Crippen LogP contribution in [0.5, 0.6) is 0 Å². The van der Waals surface area contributed by atoms with E-state index in [2.05, 4.69) is 10.6 Å². The first kappa shape index (κ1) is 20.2. The molecule has 9 heteroatoms. The Hall–Kier alpha value is -2.09. The fourth-order valence-corrected chi connectivity index (χ4v) is 3.23. The maximum Gasteiger partial charge on any atom is 0.407 e. The van der Waals surface area contributed by atoms with Crippen molar-refractivity contribution in [3.05, 3.63) is 33.1 Å². The third-order valence-electron chi connectivity index (χ3n) is 3.97. The largest absolute Gasteiger partial charge is 0.444 e. The van der Waals surface area contributed by atoms with Gasteiger partial charge < -0.3 is 15.4 Å². The Balaban J connectivity index is 2.05. The van der Waals surface area contributed by atoms with E-state index in [1.807, 2.05) is 0 Å². The number of benzene rings is 1. The van der Waals surface area contributed by atoms with Gasteiger partial charge in [-0.2, -0.15) is 0 Å². The van der Waals surface area contributed by atoms with Gasteiger partial charge in [0.2, 0.25) is 0 Å². The number of carbonyl (C=O) groups excluding carboxylic acids is 1. The second-order valence-electron chi connectivity index (χ2n) is 7.39. The maximum atomic E-state index is 13.4. The molecule has 2 atom stereocenters. The number of carbonyl (C=O) groups is 1. The fraction of sp³-hybridized carbons (Fsp3) is 0.588. The molecule has 0 heterocycles. The third-order valence-corrected chi connectivity index (χ3v) is 4.27. The molecule has 0 unspecified atom stereocenters. The number of anilines is 1. The van der Waals surface area contributed by atoms with Crippen LogP contribution in [0.2, 0.25) is 5.02 Å². The van der Waals surface area contributed by atoms with Crippen LogP contribution in [0.1, 0.15) is 46.5 Å². The van der Waals surface area contributed by atoms with Crippen molar-refractivity contribution in [3.8, 4) is 0 Å². The summed E-state index contributed by atoms with van der Waals surface area (Å²) in [5, 5.41) is 17.0. The molecule has 26 heavy (non-hydrogen) atoms. The standard InChI is InChI=1S/C17H23ClFN3O4/c1-17(2,3)26-16(23)21-12-6-4-5-11(9-12)20-15-13(18)7-10(19)8-14(15)22(24)25/h7-8,11-12,20H,4-6,9H2,1-3H3,(H,21,23)/t11-,12+/m0/s1. The van der Waals surface area contributed by atoms with E-state index < -0.39 is 28.1 Å². The fourth-order valence-electron chi connectivity index (χ4n) is 2.98. The summed E-state index contributed by atoms with van der Waals surface area (Å²) < 4.78 is 18.7. The monoisotopic (exact) mass is 387 g/mol. The summed E-state index contributed by atoms with van der Waals surface area (Å²) in [5.41, 5.74) is -0.892. The van der Waals surface area contributed by atoms with Crippen LogP contribution < -0.4 is 10.6 Å². The minimum Gasteiger partial charge on any atom is -0.444 e. The Labute approximate surface area is 156 Å². The molecular weight excluding hydrogens is 365 g/mol. The molecule has 0 aromatic heterocycles. The minimum absolute atomic E-state index is 0.0427. The van der Waals surface area contributed by atoms with Gasteiger partial charge in [0, 0.05) is 12.1 Å². The minimum atomic E-state index is -0.764. The molecule has 1 aromatic carbocycles. The number of alkyl carbamates (subject to hydrolysis) is 1. The lowest BCUT2D eigenvalue weighted by Gasteiger charge is -2.31. The lowest BCUT2D eigenvalue weighted by atomic mass is 9.91. The topological polar surface area (TPSA) is 93.5 Å². The summed E-state index contributed by atoms with van der Waals surface area (Å²) in [5.74, 6) is -0.764. The zero-order valence-corrected chi connectivity index (χ0v) is 15.7. The summed E-state index contributed by atoms with van der Waals surface area (Å²) >= 11 is 5.99. The highest BCUT2D eigenvalue weighted by molar-refractivity contribution is 6.33. The highest BCUT2D eigenvalue weighted by Crippen LogP contribution is 2.35. The second-order valence-corrected chi connectivity index (χ2v) is 7.80. The number of hydrogen-bond donors (Lipinski definition) is 2. The van der Waals surface area contributed by atoms with E-state index in [-0.39, 0.29) is 22.8 Å². The highest BCUT2D eigenvalue weighted by atomic mass is 35.5.